The van der Waals surface area contributed by atoms with E-state index in [4.69, 9.17) is 11.6 Å². The number of carbonyl (C=O) groups is 1. The van der Waals surface area contributed by atoms with Gasteiger partial charge in [0.05, 0.1) is 16.5 Å². The number of hydrogen-bond acceptors (Lipinski definition) is 6. The second-order valence-electron chi connectivity index (χ2n) is 6.05. The number of rotatable bonds is 4. The molecule has 2 N–H and O–H groups in total. The van der Waals surface area contributed by atoms with Gasteiger partial charge in [-0.15, -0.1) is 0 Å². The van der Waals surface area contributed by atoms with E-state index in [2.05, 4.69) is 20.6 Å². The minimum absolute atomic E-state index is 0.0138. The van der Waals surface area contributed by atoms with Crippen molar-refractivity contribution in [3.8, 4) is 0 Å². The van der Waals surface area contributed by atoms with Crippen LogP contribution in [0.1, 0.15) is 22.6 Å². The molecule has 1 aliphatic rings. The highest BCUT2D eigenvalue weighted by Crippen LogP contribution is 2.20. The van der Waals surface area contributed by atoms with Crippen LogP contribution in [0.15, 0.2) is 24.3 Å². The summed E-state index contributed by atoms with van der Waals surface area (Å²) in [6.45, 7) is 1.70. The molecular formula is C16H16ClFN4O3S. The van der Waals surface area contributed by atoms with E-state index in [1.165, 1.54) is 18.2 Å². The van der Waals surface area contributed by atoms with Gasteiger partial charge < -0.3 is 10.6 Å². The molecule has 1 amide bonds. The number of benzene rings is 1. The van der Waals surface area contributed by atoms with E-state index in [-0.39, 0.29) is 34.2 Å². The van der Waals surface area contributed by atoms with Crippen LogP contribution in [0, 0.1) is 12.7 Å². The van der Waals surface area contributed by atoms with Crippen LogP contribution in [-0.4, -0.2) is 41.8 Å². The second kappa shape index (κ2) is 7.16. The Morgan fingerprint density at radius 3 is 2.73 bits per heavy atom. The summed E-state index contributed by atoms with van der Waals surface area (Å²) in [6, 6.07) is 5.04. The lowest BCUT2D eigenvalue weighted by Gasteiger charge is -2.12. The van der Waals surface area contributed by atoms with Crippen LogP contribution in [0.4, 0.5) is 16.0 Å². The number of nitrogens with zero attached hydrogens (tertiary/aromatic N) is 2. The standard InChI is InChI=1S/C16H16ClFN4O3S/c1-9-6-14(15(23)20-10-2-3-13(18)12(17)7-10)22-16(19-9)21-11-4-5-26(24,25)8-11/h2-3,6-7,11H,4-5,8H2,1H3,(H,20,23)(H,19,21,22). The van der Waals surface area contributed by atoms with Gasteiger partial charge in [0.1, 0.15) is 11.5 Å². The number of aryl methyl sites for hydroxylation is 1. The molecule has 1 saturated heterocycles. The van der Waals surface area contributed by atoms with Crippen molar-refractivity contribution in [2.45, 2.75) is 19.4 Å². The average Bonchev–Trinajstić information content (AvgIpc) is 2.89. The van der Waals surface area contributed by atoms with Crippen molar-refractivity contribution in [3.63, 3.8) is 0 Å². The Morgan fingerprint density at radius 1 is 1.31 bits per heavy atom. The maximum Gasteiger partial charge on any atom is 0.274 e. The third kappa shape index (κ3) is 4.47. The van der Waals surface area contributed by atoms with E-state index < -0.39 is 21.6 Å². The van der Waals surface area contributed by atoms with Gasteiger partial charge in [0, 0.05) is 17.4 Å². The number of anilines is 2. The van der Waals surface area contributed by atoms with Gasteiger partial charge in [-0.1, -0.05) is 11.6 Å². The summed E-state index contributed by atoms with van der Waals surface area (Å²) < 4.78 is 36.3. The topological polar surface area (TPSA) is 101 Å². The number of hydrogen-bond donors (Lipinski definition) is 2. The molecule has 1 unspecified atom stereocenters. The first-order valence-electron chi connectivity index (χ1n) is 7.81. The van der Waals surface area contributed by atoms with Crippen LogP contribution in [0.5, 0.6) is 0 Å². The molecule has 7 nitrogen and oxygen atoms in total. The van der Waals surface area contributed by atoms with Crippen molar-refractivity contribution in [3.05, 3.63) is 46.5 Å². The minimum atomic E-state index is -3.04. The summed E-state index contributed by atoms with van der Waals surface area (Å²) in [5.41, 5.74) is 0.973. The van der Waals surface area contributed by atoms with Gasteiger partial charge in [0.2, 0.25) is 5.95 Å². The Hall–Kier alpha value is -2.26. The van der Waals surface area contributed by atoms with Crippen molar-refractivity contribution >= 4 is 39.0 Å². The monoisotopic (exact) mass is 398 g/mol. The predicted octanol–water partition coefficient (Wildman–Crippen LogP) is 2.43. The van der Waals surface area contributed by atoms with Crippen LogP contribution < -0.4 is 10.6 Å². The summed E-state index contributed by atoms with van der Waals surface area (Å²) in [7, 11) is -3.04. The molecule has 2 aromatic rings. The molecule has 0 bridgehead atoms. The Balaban J connectivity index is 1.76. The normalized spacial score (nSPS) is 18.5. The van der Waals surface area contributed by atoms with Gasteiger partial charge in [-0.2, -0.15) is 0 Å². The number of halogens is 2. The molecular weight excluding hydrogens is 383 g/mol. The zero-order valence-electron chi connectivity index (χ0n) is 13.8. The molecule has 26 heavy (non-hydrogen) atoms. The fourth-order valence-electron chi connectivity index (χ4n) is 2.61. The summed E-state index contributed by atoms with van der Waals surface area (Å²) in [5, 5.41) is 5.44. The third-order valence-electron chi connectivity index (χ3n) is 3.83. The lowest BCUT2D eigenvalue weighted by molar-refractivity contribution is 0.102. The Morgan fingerprint density at radius 2 is 2.08 bits per heavy atom. The van der Waals surface area contributed by atoms with Crippen molar-refractivity contribution in [2.24, 2.45) is 0 Å². The molecule has 0 spiro atoms. The zero-order valence-corrected chi connectivity index (χ0v) is 15.4. The first-order valence-corrected chi connectivity index (χ1v) is 10.0. The molecule has 1 aromatic heterocycles. The van der Waals surface area contributed by atoms with Crippen LogP contribution in [0.3, 0.4) is 0 Å². The Labute approximate surface area is 154 Å². The maximum atomic E-state index is 13.2. The molecule has 0 radical (unpaired) electrons. The molecule has 1 atom stereocenters. The van der Waals surface area contributed by atoms with Crippen molar-refractivity contribution < 1.29 is 17.6 Å². The lowest BCUT2D eigenvalue weighted by Crippen LogP contribution is -2.23. The Kier molecular flexibility index (Phi) is 5.10. The summed E-state index contributed by atoms with van der Waals surface area (Å²) in [5.74, 6) is -0.773. The van der Waals surface area contributed by atoms with Gasteiger partial charge in [0.25, 0.3) is 5.91 Å². The van der Waals surface area contributed by atoms with E-state index in [0.29, 0.717) is 17.8 Å². The van der Waals surface area contributed by atoms with Crippen molar-refractivity contribution in [1.29, 1.82) is 0 Å². The van der Waals surface area contributed by atoms with Crippen LogP contribution >= 0.6 is 11.6 Å². The van der Waals surface area contributed by atoms with Gasteiger partial charge in [-0.3, -0.25) is 4.79 Å². The molecule has 1 fully saturated rings. The molecule has 10 heteroatoms. The lowest BCUT2D eigenvalue weighted by atomic mass is 10.2. The first-order chi connectivity index (χ1) is 12.2. The van der Waals surface area contributed by atoms with E-state index in [1.54, 1.807) is 6.92 Å². The molecule has 1 aromatic carbocycles. The van der Waals surface area contributed by atoms with Crippen LogP contribution in [0.25, 0.3) is 0 Å². The van der Waals surface area contributed by atoms with Crippen molar-refractivity contribution in [1.82, 2.24) is 9.97 Å². The highest BCUT2D eigenvalue weighted by atomic mass is 35.5. The SMILES string of the molecule is Cc1cc(C(=O)Nc2ccc(F)c(Cl)c2)nc(NC2CCS(=O)(=O)C2)n1. The predicted molar refractivity (Wildman–Crippen MR) is 96.8 cm³/mol. The van der Waals surface area contributed by atoms with E-state index >= 15 is 0 Å². The van der Waals surface area contributed by atoms with Crippen LogP contribution in [0.2, 0.25) is 5.02 Å². The second-order valence-corrected chi connectivity index (χ2v) is 8.68. The fourth-order valence-corrected chi connectivity index (χ4v) is 4.46. The van der Waals surface area contributed by atoms with Crippen molar-refractivity contribution in [2.75, 3.05) is 22.1 Å². The molecule has 2 heterocycles. The first kappa shape index (κ1) is 18.5. The Bertz CT molecular complexity index is 968. The molecule has 1 aliphatic heterocycles. The maximum absolute atomic E-state index is 13.2. The summed E-state index contributed by atoms with van der Waals surface area (Å²) in [6.07, 6.45) is 0.468. The minimum Gasteiger partial charge on any atom is -0.350 e. The number of aromatic nitrogens is 2. The van der Waals surface area contributed by atoms with E-state index in [9.17, 15) is 17.6 Å². The average molecular weight is 399 g/mol. The molecule has 138 valence electrons. The highest BCUT2D eigenvalue weighted by molar-refractivity contribution is 7.91. The number of nitrogens with one attached hydrogen (secondary N) is 2. The van der Waals surface area contributed by atoms with Gasteiger partial charge in [-0.05, 0) is 37.6 Å². The van der Waals surface area contributed by atoms with Gasteiger partial charge in [0.15, 0.2) is 9.84 Å². The molecule has 0 aliphatic carbocycles. The van der Waals surface area contributed by atoms with Gasteiger partial charge >= 0.3 is 0 Å². The summed E-state index contributed by atoms with van der Waals surface area (Å²) >= 11 is 5.70. The van der Waals surface area contributed by atoms with E-state index in [1.807, 2.05) is 0 Å². The van der Waals surface area contributed by atoms with Crippen LogP contribution in [-0.2, 0) is 9.84 Å². The fraction of sp³-hybridized carbons (Fsp3) is 0.312. The largest absolute Gasteiger partial charge is 0.350 e. The zero-order chi connectivity index (χ0) is 18.9. The quantitative estimate of drug-likeness (QED) is 0.820. The van der Waals surface area contributed by atoms with Gasteiger partial charge in [-0.25, -0.2) is 22.8 Å². The number of amides is 1. The smallest absolute Gasteiger partial charge is 0.274 e. The highest BCUT2D eigenvalue weighted by Gasteiger charge is 2.28. The summed E-state index contributed by atoms with van der Waals surface area (Å²) in [4.78, 5) is 20.7. The molecule has 0 saturated carbocycles. The van der Waals surface area contributed by atoms with E-state index in [0.717, 1.165) is 6.07 Å². The number of carbonyl (C=O) groups excluding carboxylic acids is 1. The molecule has 3 rings (SSSR count). The third-order valence-corrected chi connectivity index (χ3v) is 5.89. The number of sulfone groups is 1.